The number of nitrogens with zero attached hydrogens (tertiary/aromatic N) is 4. The molecule has 31 heavy (non-hydrogen) atoms. The largest absolute Gasteiger partial charge is 0.348 e. The number of H-pyrrole nitrogens is 1. The lowest BCUT2D eigenvalue weighted by Gasteiger charge is -2.31. The maximum Gasteiger partial charge on any atom is 0.348 e. The zero-order valence-corrected chi connectivity index (χ0v) is 17.3. The van der Waals surface area contributed by atoms with Gasteiger partial charge in [-0.15, -0.1) is 0 Å². The van der Waals surface area contributed by atoms with Crippen molar-refractivity contribution in [2.45, 2.75) is 24.2 Å². The fourth-order valence-corrected chi connectivity index (χ4v) is 5.42. The van der Waals surface area contributed by atoms with E-state index in [1.807, 2.05) is 6.07 Å². The summed E-state index contributed by atoms with van der Waals surface area (Å²) in [6, 6.07) is 13.7. The van der Waals surface area contributed by atoms with E-state index in [9.17, 15) is 17.6 Å². The summed E-state index contributed by atoms with van der Waals surface area (Å²) in [7, 11) is -3.71. The molecule has 10 heteroatoms. The monoisotopic (exact) mass is 441 g/mol. The molecule has 1 aromatic heterocycles. The SMILES string of the molecule is N#Cc1ccc(S(=O)(=O)N2CCCC(Cc3n[nH]c(=O)n3-c3ccccc3F)C2)cc1. The first-order chi connectivity index (χ1) is 14.9. The Balaban J connectivity index is 1.56. The minimum atomic E-state index is -3.71. The van der Waals surface area contributed by atoms with Crippen molar-refractivity contribution in [1.82, 2.24) is 19.1 Å². The van der Waals surface area contributed by atoms with Gasteiger partial charge in [-0.2, -0.15) is 14.7 Å². The number of sulfonamides is 1. The Morgan fingerprint density at radius 2 is 1.94 bits per heavy atom. The Morgan fingerprint density at radius 1 is 1.19 bits per heavy atom. The molecule has 8 nitrogen and oxygen atoms in total. The summed E-state index contributed by atoms with van der Waals surface area (Å²) in [6.07, 6.45) is 1.75. The molecule has 1 fully saturated rings. The van der Waals surface area contributed by atoms with E-state index in [1.54, 1.807) is 6.07 Å². The van der Waals surface area contributed by atoms with Gasteiger partial charge in [0, 0.05) is 19.5 Å². The standard InChI is InChI=1S/C21H20FN5O3S/c22-18-5-1-2-6-19(18)27-20(24-25-21(27)28)12-16-4-3-11-26(14-16)31(29,30)17-9-7-15(13-23)8-10-17/h1-2,5-10,16H,3-4,11-12,14H2,(H,25,28). The molecule has 4 rings (SSSR count). The van der Waals surface area contributed by atoms with Crippen LogP contribution in [0.2, 0.25) is 0 Å². The number of rotatable bonds is 5. The second-order valence-electron chi connectivity index (χ2n) is 7.44. The number of aromatic amines is 1. The molecule has 2 aromatic carbocycles. The van der Waals surface area contributed by atoms with Crippen molar-refractivity contribution >= 4 is 10.0 Å². The molecule has 1 unspecified atom stereocenters. The van der Waals surface area contributed by atoms with Crippen molar-refractivity contribution in [1.29, 1.82) is 5.26 Å². The molecule has 0 saturated carbocycles. The van der Waals surface area contributed by atoms with Gasteiger partial charge in [-0.05, 0) is 55.2 Å². The van der Waals surface area contributed by atoms with E-state index >= 15 is 0 Å². The molecule has 0 spiro atoms. The van der Waals surface area contributed by atoms with Gasteiger partial charge in [0.2, 0.25) is 10.0 Å². The van der Waals surface area contributed by atoms with E-state index in [2.05, 4.69) is 10.2 Å². The number of piperidine rings is 1. The van der Waals surface area contributed by atoms with Crippen molar-refractivity contribution in [2.24, 2.45) is 5.92 Å². The Morgan fingerprint density at radius 3 is 2.65 bits per heavy atom. The van der Waals surface area contributed by atoms with Gasteiger partial charge in [0.15, 0.2) is 0 Å². The van der Waals surface area contributed by atoms with Gasteiger partial charge in [0.1, 0.15) is 11.6 Å². The van der Waals surface area contributed by atoms with Gasteiger partial charge in [-0.25, -0.2) is 27.3 Å². The highest BCUT2D eigenvalue weighted by Crippen LogP contribution is 2.26. The third-order valence-electron chi connectivity index (χ3n) is 5.41. The number of halogens is 1. The van der Waals surface area contributed by atoms with E-state index in [-0.39, 0.29) is 23.0 Å². The van der Waals surface area contributed by atoms with Gasteiger partial charge in [0.05, 0.1) is 22.2 Å². The van der Waals surface area contributed by atoms with E-state index in [0.717, 1.165) is 6.42 Å². The van der Waals surface area contributed by atoms with Crippen LogP contribution in [-0.4, -0.2) is 40.6 Å². The summed E-state index contributed by atoms with van der Waals surface area (Å²) >= 11 is 0. The number of para-hydroxylation sites is 1. The normalized spacial score (nSPS) is 17.4. The molecule has 2 heterocycles. The molecule has 1 aliphatic rings. The highest BCUT2D eigenvalue weighted by Gasteiger charge is 2.31. The van der Waals surface area contributed by atoms with Gasteiger partial charge < -0.3 is 0 Å². The van der Waals surface area contributed by atoms with Crippen LogP contribution < -0.4 is 5.69 Å². The summed E-state index contributed by atoms with van der Waals surface area (Å²) in [5.74, 6) is -0.263. The summed E-state index contributed by atoms with van der Waals surface area (Å²) in [4.78, 5) is 12.4. The molecule has 1 atom stereocenters. The smallest absolute Gasteiger partial charge is 0.246 e. The summed E-state index contributed by atoms with van der Waals surface area (Å²) < 4.78 is 42.9. The Hall–Kier alpha value is -3.29. The van der Waals surface area contributed by atoms with Crippen LogP contribution in [0, 0.1) is 23.1 Å². The van der Waals surface area contributed by atoms with E-state index in [0.29, 0.717) is 30.8 Å². The summed E-state index contributed by atoms with van der Waals surface area (Å²) in [5.41, 5.74) is -0.0489. The van der Waals surface area contributed by atoms with Crippen molar-refractivity contribution in [3.8, 4) is 11.8 Å². The topological polar surface area (TPSA) is 112 Å². The molecule has 1 aliphatic heterocycles. The number of nitrogens with one attached hydrogen (secondary N) is 1. The van der Waals surface area contributed by atoms with Crippen LogP contribution >= 0.6 is 0 Å². The van der Waals surface area contributed by atoms with E-state index in [1.165, 1.54) is 51.3 Å². The Labute approximate surface area is 178 Å². The first-order valence-corrected chi connectivity index (χ1v) is 11.3. The molecular weight excluding hydrogens is 421 g/mol. The number of benzene rings is 2. The van der Waals surface area contributed by atoms with E-state index < -0.39 is 21.5 Å². The van der Waals surface area contributed by atoms with Crippen molar-refractivity contribution in [2.75, 3.05) is 13.1 Å². The third kappa shape index (κ3) is 4.15. The van der Waals surface area contributed by atoms with E-state index in [4.69, 9.17) is 5.26 Å². The molecule has 1 saturated heterocycles. The maximum atomic E-state index is 14.2. The quantitative estimate of drug-likeness (QED) is 0.653. The van der Waals surface area contributed by atoms with Crippen LogP contribution in [0.25, 0.3) is 5.69 Å². The maximum absolute atomic E-state index is 14.2. The first kappa shape index (κ1) is 21.0. The molecular formula is C21H20FN5O3S. The number of nitriles is 1. The van der Waals surface area contributed by atoms with Gasteiger partial charge >= 0.3 is 5.69 Å². The number of hydrogen-bond donors (Lipinski definition) is 1. The molecule has 0 aliphatic carbocycles. The lowest BCUT2D eigenvalue weighted by molar-refractivity contribution is 0.262. The number of hydrogen-bond acceptors (Lipinski definition) is 5. The predicted molar refractivity (Wildman–Crippen MR) is 110 cm³/mol. The zero-order valence-electron chi connectivity index (χ0n) is 16.5. The van der Waals surface area contributed by atoms with Gasteiger partial charge in [0.25, 0.3) is 0 Å². The third-order valence-corrected chi connectivity index (χ3v) is 7.29. The fraction of sp³-hybridized carbons (Fsp3) is 0.286. The minimum absolute atomic E-state index is 0.0809. The zero-order chi connectivity index (χ0) is 22.0. The molecule has 0 bridgehead atoms. The molecule has 1 N–H and O–H groups in total. The highest BCUT2D eigenvalue weighted by molar-refractivity contribution is 7.89. The fourth-order valence-electron chi connectivity index (χ4n) is 3.87. The average molecular weight is 441 g/mol. The van der Waals surface area contributed by atoms with Crippen LogP contribution in [0.15, 0.2) is 58.2 Å². The minimum Gasteiger partial charge on any atom is -0.246 e. The molecule has 0 amide bonds. The van der Waals surface area contributed by atoms with Gasteiger partial charge in [-0.3, -0.25) is 0 Å². The molecule has 160 valence electrons. The van der Waals surface area contributed by atoms with Crippen LogP contribution in [0.4, 0.5) is 4.39 Å². The lowest BCUT2D eigenvalue weighted by Crippen LogP contribution is -2.40. The second-order valence-corrected chi connectivity index (χ2v) is 9.38. The van der Waals surface area contributed by atoms with Crippen molar-refractivity contribution in [3.05, 3.63) is 76.2 Å². The van der Waals surface area contributed by atoms with Crippen LogP contribution in [0.3, 0.4) is 0 Å². The Kier molecular flexibility index (Phi) is 5.71. The van der Waals surface area contributed by atoms with Crippen LogP contribution in [-0.2, 0) is 16.4 Å². The molecule has 3 aromatic rings. The van der Waals surface area contributed by atoms with Crippen molar-refractivity contribution in [3.63, 3.8) is 0 Å². The van der Waals surface area contributed by atoms with Crippen LogP contribution in [0.5, 0.6) is 0 Å². The van der Waals surface area contributed by atoms with Gasteiger partial charge in [-0.1, -0.05) is 12.1 Å². The average Bonchev–Trinajstić information content (AvgIpc) is 3.14. The lowest BCUT2D eigenvalue weighted by atomic mass is 9.96. The van der Waals surface area contributed by atoms with Crippen LogP contribution in [0.1, 0.15) is 24.2 Å². The summed E-state index contributed by atoms with van der Waals surface area (Å²) in [5, 5.41) is 15.3. The number of aromatic nitrogens is 3. The molecule has 0 radical (unpaired) electrons. The second kappa shape index (κ2) is 8.45. The van der Waals surface area contributed by atoms with Crippen molar-refractivity contribution < 1.29 is 12.8 Å². The first-order valence-electron chi connectivity index (χ1n) is 9.81. The summed E-state index contributed by atoms with van der Waals surface area (Å²) in [6.45, 7) is 0.653. The Bertz CT molecular complexity index is 1290. The predicted octanol–water partition coefficient (Wildman–Crippen LogP) is 2.21. The highest BCUT2D eigenvalue weighted by atomic mass is 32.2.